The molecule has 0 aliphatic rings. The Morgan fingerprint density at radius 1 is 1.25 bits per heavy atom. The number of sulfonamides is 1. The van der Waals surface area contributed by atoms with Crippen molar-refractivity contribution in [3.63, 3.8) is 0 Å². The lowest BCUT2D eigenvalue weighted by atomic mass is 10.1. The number of aryl methyl sites for hydroxylation is 2. The molecule has 0 amide bonds. The van der Waals surface area contributed by atoms with E-state index >= 15 is 0 Å². The summed E-state index contributed by atoms with van der Waals surface area (Å²) in [5.74, 6) is 0.721. The third-order valence-electron chi connectivity index (χ3n) is 3.66. The maximum atomic E-state index is 12.4. The molecular formula is C13H24N2O4S. The van der Waals surface area contributed by atoms with E-state index in [2.05, 4.69) is 4.72 Å². The predicted molar refractivity (Wildman–Crippen MR) is 77.1 cm³/mol. The summed E-state index contributed by atoms with van der Waals surface area (Å²) < 4.78 is 32.7. The molecule has 0 atom stereocenters. The van der Waals surface area contributed by atoms with E-state index < -0.39 is 10.0 Å². The van der Waals surface area contributed by atoms with E-state index in [0.29, 0.717) is 17.1 Å². The summed E-state index contributed by atoms with van der Waals surface area (Å²) >= 11 is 0. The van der Waals surface area contributed by atoms with Gasteiger partial charge in [0.2, 0.25) is 10.0 Å². The summed E-state index contributed by atoms with van der Waals surface area (Å²) in [6, 6.07) is 0. The Bertz CT molecular complexity index is 573. The first-order chi connectivity index (χ1) is 9.03. The van der Waals surface area contributed by atoms with Crippen LogP contribution in [0.3, 0.4) is 0 Å². The topological polar surface area (TPSA) is 82.8 Å². The largest absolute Gasteiger partial charge is 0.465 e. The van der Waals surface area contributed by atoms with Crippen molar-refractivity contribution in [2.45, 2.75) is 44.7 Å². The molecule has 1 heterocycles. The summed E-state index contributed by atoms with van der Waals surface area (Å²) in [7, 11) is 0.0692. The van der Waals surface area contributed by atoms with Gasteiger partial charge < -0.3 is 14.4 Å². The quantitative estimate of drug-likeness (QED) is 0.819. The van der Waals surface area contributed by atoms with E-state index in [1.165, 1.54) is 0 Å². The molecule has 1 aromatic rings. The molecule has 0 aromatic carbocycles. The SMILES string of the molecule is Cc1oc(C)c(S(=O)(=O)NCC(C)(C)N(C)C)c1CO. The van der Waals surface area contributed by atoms with Gasteiger partial charge in [-0.05, 0) is 41.8 Å². The van der Waals surface area contributed by atoms with Crippen molar-refractivity contribution in [1.82, 2.24) is 9.62 Å². The highest BCUT2D eigenvalue weighted by Crippen LogP contribution is 2.26. The Kier molecular flexibility index (Phi) is 5.02. The number of hydrogen-bond donors (Lipinski definition) is 2. The highest BCUT2D eigenvalue weighted by atomic mass is 32.2. The molecule has 1 aromatic heterocycles. The first-order valence-electron chi connectivity index (χ1n) is 6.39. The molecule has 0 radical (unpaired) electrons. The van der Waals surface area contributed by atoms with Crippen molar-refractivity contribution in [2.24, 2.45) is 0 Å². The fourth-order valence-corrected chi connectivity index (χ4v) is 3.39. The van der Waals surface area contributed by atoms with E-state index in [-0.39, 0.29) is 23.6 Å². The van der Waals surface area contributed by atoms with Crippen LogP contribution < -0.4 is 4.72 Å². The predicted octanol–water partition coefficient (Wildman–Crippen LogP) is 1.01. The summed E-state index contributed by atoms with van der Waals surface area (Å²) in [5, 5.41) is 9.33. The van der Waals surface area contributed by atoms with Gasteiger partial charge in [-0.3, -0.25) is 0 Å². The zero-order valence-corrected chi connectivity index (χ0v) is 13.8. The van der Waals surface area contributed by atoms with Gasteiger partial charge in [0.15, 0.2) is 0 Å². The van der Waals surface area contributed by atoms with Crippen LogP contribution in [0.25, 0.3) is 0 Å². The Balaban J connectivity index is 3.07. The van der Waals surface area contributed by atoms with Crippen LogP contribution in [0.2, 0.25) is 0 Å². The van der Waals surface area contributed by atoms with Gasteiger partial charge in [-0.1, -0.05) is 0 Å². The van der Waals surface area contributed by atoms with E-state index in [1.54, 1.807) is 13.8 Å². The number of nitrogens with one attached hydrogen (secondary N) is 1. The lowest BCUT2D eigenvalue weighted by Gasteiger charge is -2.32. The normalized spacial score (nSPS) is 13.2. The van der Waals surface area contributed by atoms with E-state index in [0.717, 1.165) is 0 Å². The summed E-state index contributed by atoms with van der Waals surface area (Å²) in [6.45, 7) is 7.00. The number of furan rings is 1. The second-order valence-corrected chi connectivity index (χ2v) is 7.42. The standard InChI is InChI=1S/C13H24N2O4S/c1-9-11(7-16)12(10(2)19-9)20(17,18)14-8-13(3,4)15(5)6/h14,16H,7-8H2,1-6H3. The van der Waals surface area contributed by atoms with Crippen LogP contribution in [-0.4, -0.2) is 44.6 Å². The second-order valence-electron chi connectivity index (χ2n) is 5.71. The van der Waals surface area contributed by atoms with Crippen molar-refractivity contribution in [3.8, 4) is 0 Å². The van der Waals surface area contributed by atoms with Crippen LogP contribution in [0.4, 0.5) is 0 Å². The molecule has 0 aliphatic carbocycles. The van der Waals surface area contributed by atoms with Gasteiger partial charge in [0.1, 0.15) is 16.4 Å². The molecule has 0 saturated heterocycles. The van der Waals surface area contributed by atoms with Crippen molar-refractivity contribution in [2.75, 3.05) is 20.6 Å². The van der Waals surface area contributed by atoms with Crippen LogP contribution in [-0.2, 0) is 16.6 Å². The molecule has 0 aliphatic heterocycles. The molecule has 116 valence electrons. The molecule has 0 unspecified atom stereocenters. The fourth-order valence-electron chi connectivity index (χ4n) is 1.75. The number of likely N-dealkylation sites (N-methyl/N-ethyl adjacent to an activating group) is 1. The van der Waals surface area contributed by atoms with E-state index in [1.807, 2.05) is 32.8 Å². The van der Waals surface area contributed by atoms with Crippen LogP contribution >= 0.6 is 0 Å². The van der Waals surface area contributed by atoms with E-state index in [9.17, 15) is 13.5 Å². The number of hydrogen-bond acceptors (Lipinski definition) is 5. The van der Waals surface area contributed by atoms with Gasteiger partial charge in [-0.25, -0.2) is 13.1 Å². The summed E-state index contributed by atoms with van der Waals surface area (Å²) in [5.41, 5.74) is -0.00303. The molecule has 2 N–H and O–H groups in total. The van der Waals surface area contributed by atoms with Gasteiger partial charge in [0.05, 0.1) is 6.61 Å². The third-order valence-corrected chi connectivity index (χ3v) is 5.25. The van der Waals surface area contributed by atoms with Crippen molar-refractivity contribution in [1.29, 1.82) is 0 Å². The van der Waals surface area contributed by atoms with Gasteiger partial charge in [-0.15, -0.1) is 0 Å². The lowest BCUT2D eigenvalue weighted by molar-refractivity contribution is 0.198. The van der Waals surface area contributed by atoms with Crippen molar-refractivity contribution >= 4 is 10.0 Å². The first kappa shape index (κ1) is 17.2. The molecule has 0 fully saturated rings. The summed E-state index contributed by atoms with van der Waals surface area (Å²) in [6.07, 6.45) is 0. The smallest absolute Gasteiger partial charge is 0.244 e. The molecule has 0 spiro atoms. The number of rotatable bonds is 6. The van der Waals surface area contributed by atoms with Crippen LogP contribution in [0.1, 0.15) is 30.9 Å². The highest BCUT2D eigenvalue weighted by Gasteiger charge is 2.29. The second kappa shape index (κ2) is 5.85. The third kappa shape index (κ3) is 3.41. The Labute approximate surface area is 120 Å². The van der Waals surface area contributed by atoms with Gasteiger partial charge in [0.25, 0.3) is 0 Å². The van der Waals surface area contributed by atoms with Gasteiger partial charge >= 0.3 is 0 Å². The molecule has 1 rings (SSSR count). The zero-order chi connectivity index (χ0) is 15.7. The molecule has 0 bridgehead atoms. The molecule has 6 nitrogen and oxygen atoms in total. The zero-order valence-electron chi connectivity index (χ0n) is 12.9. The minimum Gasteiger partial charge on any atom is -0.465 e. The van der Waals surface area contributed by atoms with Gasteiger partial charge in [-0.2, -0.15) is 0 Å². The van der Waals surface area contributed by atoms with Crippen molar-refractivity contribution in [3.05, 3.63) is 17.1 Å². The monoisotopic (exact) mass is 304 g/mol. The highest BCUT2D eigenvalue weighted by molar-refractivity contribution is 7.89. The molecule has 7 heteroatoms. The van der Waals surface area contributed by atoms with Crippen LogP contribution in [0.5, 0.6) is 0 Å². The maximum absolute atomic E-state index is 12.4. The first-order valence-corrected chi connectivity index (χ1v) is 7.88. The number of aliphatic hydroxyl groups excluding tert-OH is 1. The van der Waals surface area contributed by atoms with Crippen molar-refractivity contribution < 1.29 is 17.9 Å². The lowest BCUT2D eigenvalue weighted by Crippen LogP contribution is -2.48. The minimum atomic E-state index is -3.71. The minimum absolute atomic E-state index is 0.0482. The van der Waals surface area contributed by atoms with Crippen LogP contribution in [0, 0.1) is 13.8 Å². The van der Waals surface area contributed by atoms with Crippen LogP contribution in [0.15, 0.2) is 9.31 Å². The van der Waals surface area contributed by atoms with E-state index in [4.69, 9.17) is 4.42 Å². The molecule has 20 heavy (non-hydrogen) atoms. The number of nitrogens with zero attached hydrogens (tertiary/aromatic N) is 1. The van der Waals surface area contributed by atoms with Gasteiger partial charge in [0, 0.05) is 17.6 Å². The maximum Gasteiger partial charge on any atom is 0.244 e. The average molecular weight is 304 g/mol. The Morgan fingerprint density at radius 2 is 1.80 bits per heavy atom. The summed E-state index contributed by atoms with van der Waals surface area (Å²) in [4.78, 5) is 1.99. The Hall–Kier alpha value is -0.890. The molecule has 0 saturated carbocycles. The molecular weight excluding hydrogens is 280 g/mol. The fraction of sp³-hybridized carbons (Fsp3) is 0.692. The average Bonchev–Trinajstić information content (AvgIpc) is 2.61. The Morgan fingerprint density at radius 3 is 2.25 bits per heavy atom. The number of aliphatic hydroxyl groups is 1.